The number of nitrogens with one attached hydrogen (secondary N) is 2. The highest BCUT2D eigenvalue weighted by molar-refractivity contribution is 5.87. The summed E-state index contributed by atoms with van der Waals surface area (Å²) in [5.74, 6) is 0.296. The van der Waals surface area contributed by atoms with E-state index in [4.69, 9.17) is 4.42 Å². The van der Waals surface area contributed by atoms with E-state index in [1.807, 2.05) is 0 Å². The Labute approximate surface area is 101 Å². The van der Waals surface area contributed by atoms with Crippen LogP contribution >= 0.6 is 0 Å². The van der Waals surface area contributed by atoms with Crippen LogP contribution in [0.1, 0.15) is 26.5 Å². The number of rotatable bonds is 4. The lowest BCUT2D eigenvalue weighted by Crippen LogP contribution is -2.41. The maximum atomic E-state index is 11.5. The molecule has 5 nitrogen and oxygen atoms in total. The molecule has 0 spiro atoms. The molecule has 0 saturated heterocycles. The minimum Gasteiger partial charge on any atom is -0.467 e. The number of amides is 2. The van der Waals surface area contributed by atoms with Crippen LogP contribution in [0, 0.1) is 5.41 Å². The fourth-order valence-electron chi connectivity index (χ4n) is 1.09. The van der Waals surface area contributed by atoms with E-state index in [0.29, 0.717) is 12.3 Å². The van der Waals surface area contributed by atoms with Gasteiger partial charge in [0, 0.05) is 5.41 Å². The van der Waals surface area contributed by atoms with Crippen LogP contribution in [0.3, 0.4) is 0 Å². The van der Waals surface area contributed by atoms with Gasteiger partial charge in [0.2, 0.25) is 11.8 Å². The van der Waals surface area contributed by atoms with Gasteiger partial charge in [0.1, 0.15) is 5.76 Å². The third kappa shape index (κ3) is 4.72. The van der Waals surface area contributed by atoms with Crippen LogP contribution in [0.4, 0.5) is 0 Å². The first-order valence-electron chi connectivity index (χ1n) is 5.47. The van der Waals surface area contributed by atoms with E-state index in [-0.39, 0.29) is 18.4 Å². The van der Waals surface area contributed by atoms with Gasteiger partial charge in [-0.05, 0) is 12.1 Å². The van der Waals surface area contributed by atoms with Crippen molar-refractivity contribution in [1.82, 2.24) is 10.6 Å². The summed E-state index contributed by atoms with van der Waals surface area (Å²) < 4.78 is 5.06. The predicted octanol–water partition coefficient (Wildman–Crippen LogP) is 1.06. The lowest BCUT2D eigenvalue weighted by molar-refractivity contribution is -0.131. The molecule has 0 bridgehead atoms. The van der Waals surface area contributed by atoms with Gasteiger partial charge in [0.25, 0.3) is 0 Å². The monoisotopic (exact) mass is 238 g/mol. The highest BCUT2D eigenvalue weighted by atomic mass is 16.3. The molecule has 2 amide bonds. The second-order valence-electron chi connectivity index (χ2n) is 4.79. The standard InChI is InChI=1S/C12H18N2O3/c1-12(2,3)11(16)14-8-10(15)13-7-9-5-4-6-17-9/h4-6H,7-8H2,1-3H3,(H,13,15)(H,14,16). The highest BCUT2D eigenvalue weighted by Gasteiger charge is 2.21. The van der Waals surface area contributed by atoms with Gasteiger partial charge >= 0.3 is 0 Å². The Bertz CT molecular complexity index is 377. The molecule has 0 aliphatic carbocycles. The second kappa shape index (κ2) is 5.52. The van der Waals surface area contributed by atoms with Crippen LogP contribution in [0.15, 0.2) is 22.8 Å². The van der Waals surface area contributed by atoms with Crippen LogP contribution in [0.2, 0.25) is 0 Å². The average Bonchev–Trinajstić information content (AvgIpc) is 2.74. The van der Waals surface area contributed by atoms with Gasteiger partial charge in [-0.15, -0.1) is 0 Å². The average molecular weight is 238 g/mol. The highest BCUT2D eigenvalue weighted by Crippen LogP contribution is 2.11. The van der Waals surface area contributed by atoms with Crippen LogP contribution < -0.4 is 10.6 Å². The van der Waals surface area contributed by atoms with Crippen molar-refractivity contribution in [3.8, 4) is 0 Å². The Morgan fingerprint density at radius 1 is 1.29 bits per heavy atom. The Morgan fingerprint density at radius 3 is 2.53 bits per heavy atom. The predicted molar refractivity (Wildman–Crippen MR) is 63.0 cm³/mol. The van der Waals surface area contributed by atoms with Gasteiger partial charge in [-0.2, -0.15) is 0 Å². The SMILES string of the molecule is CC(C)(C)C(=O)NCC(=O)NCc1ccco1. The number of hydrogen-bond donors (Lipinski definition) is 2. The van der Waals surface area contributed by atoms with Gasteiger partial charge in [-0.1, -0.05) is 20.8 Å². The summed E-state index contributed by atoms with van der Waals surface area (Å²) in [5, 5.41) is 5.22. The van der Waals surface area contributed by atoms with Crippen LogP contribution in [-0.4, -0.2) is 18.4 Å². The molecule has 2 N–H and O–H groups in total. The molecule has 1 aromatic heterocycles. The van der Waals surface area contributed by atoms with Crippen molar-refractivity contribution in [2.75, 3.05) is 6.54 Å². The number of hydrogen-bond acceptors (Lipinski definition) is 3. The fourth-order valence-corrected chi connectivity index (χ4v) is 1.09. The Kier molecular flexibility index (Phi) is 4.31. The first-order chi connectivity index (χ1) is 7.89. The molecule has 0 fully saturated rings. The van der Waals surface area contributed by atoms with E-state index in [1.54, 1.807) is 39.2 Å². The molecular weight excluding hydrogens is 220 g/mol. The third-order valence-corrected chi connectivity index (χ3v) is 2.13. The van der Waals surface area contributed by atoms with E-state index in [2.05, 4.69) is 10.6 Å². The number of carbonyl (C=O) groups is 2. The minimum absolute atomic E-state index is 0.0171. The van der Waals surface area contributed by atoms with E-state index >= 15 is 0 Å². The molecule has 0 saturated carbocycles. The summed E-state index contributed by atoms with van der Waals surface area (Å²) in [4.78, 5) is 22.9. The zero-order chi connectivity index (χ0) is 12.9. The molecule has 0 atom stereocenters. The third-order valence-electron chi connectivity index (χ3n) is 2.13. The molecular formula is C12H18N2O3. The van der Waals surface area contributed by atoms with Crippen molar-refractivity contribution in [2.45, 2.75) is 27.3 Å². The van der Waals surface area contributed by atoms with Crippen molar-refractivity contribution in [3.05, 3.63) is 24.2 Å². The summed E-state index contributed by atoms with van der Waals surface area (Å²) in [6.07, 6.45) is 1.54. The molecule has 0 aliphatic rings. The zero-order valence-electron chi connectivity index (χ0n) is 10.4. The van der Waals surface area contributed by atoms with Crippen molar-refractivity contribution >= 4 is 11.8 Å². The molecule has 94 valence electrons. The van der Waals surface area contributed by atoms with Crippen LogP contribution in [0.25, 0.3) is 0 Å². The molecule has 5 heteroatoms. The topological polar surface area (TPSA) is 71.3 Å². The molecule has 1 aromatic rings. The Hall–Kier alpha value is -1.78. The lowest BCUT2D eigenvalue weighted by Gasteiger charge is -2.17. The second-order valence-corrected chi connectivity index (χ2v) is 4.79. The zero-order valence-corrected chi connectivity index (χ0v) is 10.4. The molecule has 0 aromatic carbocycles. The first kappa shape index (κ1) is 13.3. The lowest BCUT2D eigenvalue weighted by atomic mass is 9.96. The van der Waals surface area contributed by atoms with Gasteiger partial charge in [-0.25, -0.2) is 0 Å². The van der Waals surface area contributed by atoms with E-state index in [0.717, 1.165) is 0 Å². The summed E-state index contributed by atoms with van der Waals surface area (Å²) in [6, 6.07) is 3.52. The molecule has 1 heterocycles. The van der Waals surface area contributed by atoms with Gasteiger partial charge in [0.05, 0.1) is 19.4 Å². The molecule has 17 heavy (non-hydrogen) atoms. The van der Waals surface area contributed by atoms with E-state index in [9.17, 15) is 9.59 Å². The largest absolute Gasteiger partial charge is 0.467 e. The van der Waals surface area contributed by atoms with Crippen molar-refractivity contribution in [1.29, 1.82) is 0 Å². The van der Waals surface area contributed by atoms with E-state index in [1.165, 1.54) is 0 Å². The van der Waals surface area contributed by atoms with Crippen molar-refractivity contribution in [3.63, 3.8) is 0 Å². The Morgan fingerprint density at radius 2 is 2.00 bits per heavy atom. The normalized spacial score (nSPS) is 11.0. The van der Waals surface area contributed by atoms with E-state index < -0.39 is 5.41 Å². The minimum atomic E-state index is -0.485. The Balaban J connectivity index is 2.24. The van der Waals surface area contributed by atoms with Gasteiger partial charge in [0.15, 0.2) is 0 Å². The summed E-state index contributed by atoms with van der Waals surface area (Å²) in [6.45, 7) is 5.70. The summed E-state index contributed by atoms with van der Waals surface area (Å²) in [7, 11) is 0. The smallest absolute Gasteiger partial charge is 0.239 e. The number of furan rings is 1. The van der Waals surface area contributed by atoms with Crippen molar-refractivity contribution < 1.29 is 14.0 Å². The number of carbonyl (C=O) groups excluding carboxylic acids is 2. The van der Waals surface area contributed by atoms with Gasteiger partial charge in [-0.3, -0.25) is 9.59 Å². The summed E-state index contributed by atoms with van der Waals surface area (Å²) >= 11 is 0. The molecule has 0 aliphatic heterocycles. The first-order valence-corrected chi connectivity index (χ1v) is 5.47. The molecule has 0 radical (unpaired) electrons. The molecule has 0 unspecified atom stereocenters. The summed E-state index contributed by atoms with van der Waals surface area (Å²) in [5.41, 5.74) is -0.485. The van der Waals surface area contributed by atoms with Gasteiger partial charge < -0.3 is 15.1 Å². The molecule has 1 rings (SSSR count). The maximum Gasteiger partial charge on any atom is 0.239 e. The van der Waals surface area contributed by atoms with Crippen LogP contribution in [-0.2, 0) is 16.1 Å². The fraction of sp³-hybridized carbons (Fsp3) is 0.500. The van der Waals surface area contributed by atoms with Crippen LogP contribution in [0.5, 0.6) is 0 Å². The van der Waals surface area contributed by atoms with Crippen molar-refractivity contribution in [2.24, 2.45) is 5.41 Å². The maximum absolute atomic E-state index is 11.5. The quantitative estimate of drug-likeness (QED) is 0.823.